The summed E-state index contributed by atoms with van der Waals surface area (Å²) in [6, 6.07) is 20.1. The zero-order valence-electron chi connectivity index (χ0n) is 23.1. The molecule has 1 unspecified atom stereocenters. The van der Waals surface area contributed by atoms with Crippen LogP contribution >= 0.6 is 0 Å². The van der Waals surface area contributed by atoms with Crippen molar-refractivity contribution in [2.75, 3.05) is 25.1 Å². The Kier molecular flexibility index (Phi) is 6.74. The van der Waals surface area contributed by atoms with E-state index in [1.54, 1.807) is 10.5 Å². The van der Waals surface area contributed by atoms with Gasteiger partial charge in [0.15, 0.2) is 0 Å². The number of carbonyl (C=O) groups is 1. The summed E-state index contributed by atoms with van der Waals surface area (Å²) in [4.78, 5) is 15.9. The first-order chi connectivity index (χ1) is 19.6. The lowest BCUT2D eigenvalue weighted by Gasteiger charge is -2.39. The van der Waals surface area contributed by atoms with Crippen molar-refractivity contribution in [2.45, 2.75) is 44.1 Å². The van der Waals surface area contributed by atoms with Gasteiger partial charge in [-0.2, -0.15) is 0 Å². The minimum atomic E-state index is -3.27. The first-order valence-corrected chi connectivity index (χ1v) is 15.6. The van der Waals surface area contributed by atoms with Gasteiger partial charge in [-0.15, -0.1) is 0 Å². The van der Waals surface area contributed by atoms with E-state index in [1.165, 1.54) is 11.8 Å². The number of piperidine rings is 1. The molecule has 1 fully saturated rings. The van der Waals surface area contributed by atoms with Crippen molar-refractivity contribution in [3.05, 3.63) is 89.1 Å². The molecule has 0 radical (unpaired) electrons. The number of fused-ring (bicyclic) bond motifs is 3. The Morgan fingerprint density at radius 1 is 1.10 bits per heavy atom. The first-order valence-electron chi connectivity index (χ1n) is 13.8. The van der Waals surface area contributed by atoms with Crippen molar-refractivity contribution in [3.63, 3.8) is 0 Å². The van der Waals surface area contributed by atoms with Crippen molar-refractivity contribution < 1.29 is 23.1 Å². The number of carboxylic acid groups (broad SMARTS) is 1. The molecule has 0 saturated carbocycles. The van der Waals surface area contributed by atoms with Gasteiger partial charge in [-0.25, -0.2) is 17.7 Å². The predicted octanol–water partition coefficient (Wildman–Crippen LogP) is 5.24. The molecule has 2 aliphatic rings. The van der Waals surface area contributed by atoms with Crippen LogP contribution in [0, 0.1) is 6.92 Å². The minimum absolute atomic E-state index is 0.123. The fourth-order valence-electron chi connectivity index (χ4n) is 6.68. The quantitative estimate of drug-likeness (QED) is 0.325. The maximum Gasteiger partial charge on any atom is 0.307 e. The van der Waals surface area contributed by atoms with E-state index in [9.17, 15) is 18.3 Å². The summed E-state index contributed by atoms with van der Waals surface area (Å²) in [6.07, 6.45) is 4.62. The highest BCUT2D eigenvalue weighted by Crippen LogP contribution is 2.53. The molecule has 1 atom stereocenters. The Labute approximate surface area is 239 Å². The molecule has 1 aromatic heterocycles. The van der Waals surface area contributed by atoms with Gasteiger partial charge < -0.3 is 15.6 Å². The number of aromatic nitrogens is 1. The zero-order valence-corrected chi connectivity index (χ0v) is 23.9. The number of aryl methyl sites for hydroxylation is 1. The number of nitrogens with two attached hydrogens (primary N) is 1. The van der Waals surface area contributed by atoms with Crippen LogP contribution in [0.25, 0.3) is 21.9 Å². The van der Waals surface area contributed by atoms with Crippen molar-refractivity contribution in [2.24, 2.45) is 0 Å². The molecule has 1 aliphatic heterocycles. The van der Waals surface area contributed by atoms with Gasteiger partial charge in [0.05, 0.1) is 12.7 Å². The predicted molar refractivity (Wildman–Crippen MR) is 159 cm³/mol. The third-order valence-electron chi connectivity index (χ3n) is 8.81. The van der Waals surface area contributed by atoms with Crippen LogP contribution in [-0.2, 0) is 26.7 Å². The summed E-state index contributed by atoms with van der Waals surface area (Å²) >= 11 is 0. The molecular formula is C32H33N3O5S. The van der Waals surface area contributed by atoms with E-state index in [4.69, 9.17) is 10.5 Å². The normalized spacial score (nSPS) is 18.4. The number of hydrogen-bond donors (Lipinski definition) is 2. The van der Waals surface area contributed by atoms with Crippen LogP contribution in [0.15, 0.2) is 66.9 Å². The third kappa shape index (κ3) is 4.93. The number of aliphatic carboxylic acids is 1. The van der Waals surface area contributed by atoms with Crippen LogP contribution in [0.5, 0.6) is 5.75 Å². The molecule has 1 saturated heterocycles. The van der Waals surface area contributed by atoms with Crippen LogP contribution in [0.4, 0.5) is 5.82 Å². The summed E-state index contributed by atoms with van der Waals surface area (Å²) in [6.45, 7) is 2.81. The van der Waals surface area contributed by atoms with E-state index < -0.39 is 16.0 Å². The summed E-state index contributed by atoms with van der Waals surface area (Å²) in [7, 11) is -3.27. The van der Waals surface area contributed by atoms with Crippen molar-refractivity contribution >= 4 is 32.6 Å². The lowest BCUT2D eigenvalue weighted by atomic mass is 9.74. The number of sulfonamides is 1. The smallest absolute Gasteiger partial charge is 0.307 e. The van der Waals surface area contributed by atoms with Gasteiger partial charge in [-0.05, 0) is 77.6 Å². The molecule has 4 aromatic rings. The summed E-state index contributed by atoms with van der Waals surface area (Å²) in [5, 5.41) is 11.5. The zero-order chi connectivity index (χ0) is 28.9. The van der Waals surface area contributed by atoms with Crippen molar-refractivity contribution in [1.29, 1.82) is 0 Å². The molecule has 1 spiro atoms. The van der Waals surface area contributed by atoms with E-state index in [2.05, 4.69) is 29.2 Å². The Morgan fingerprint density at radius 2 is 1.85 bits per heavy atom. The van der Waals surface area contributed by atoms with E-state index in [-0.39, 0.29) is 17.9 Å². The summed E-state index contributed by atoms with van der Waals surface area (Å²) in [5.41, 5.74) is 11.8. The van der Waals surface area contributed by atoms with Crippen LogP contribution in [0.2, 0.25) is 0 Å². The number of rotatable bonds is 6. The van der Waals surface area contributed by atoms with Crippen LogP contribution < -0.4 is 10.5 Å². The van der Waals surface area contributed by atoms with Crippen molar-refractivity contribution in [3.8, 4) is 16.9 Å². The highest BCUT2D eigenvalue weighted by atomic mass is 32.2. The highest BCUT2D eigenvalue weighted by molar-refractivity contribution is 7.88. The topological polar surface area (TPSA) is 123 Å². The van der Waals surface area contributed by atoms with Gasteiger partial charge in [0.2, 0.25) is 10.0 Å². The van der Waals surface area contributed by atoms with Crippen LogP contribution in [0.1, 0.15) is 47.6 Å². The number of nitrogens with zero attached hydrogens (tertiary/aromatic N) is 2. The number of benzene rings is 3. The molecule has 2 heterocycles. The summed E-state index contributed by atoms with van der Waals surface area (Å²) < 4.78 is 32.8. The molecule has 6 rings (SSSR count). The molecule has 0 amide bonds. The second-order valence-electron chi connectivity index (χ2n) is 11.3. The number of anilines is 1. The number of ether oxygens (including phenoxy) is 1. The average molecular weight is 572 g/mol. The van der Waals surface area contributed by atoms with Gasteiger partial charge >= 0.3 is 5.97 Å². The monoisotopic (exact) mass is 571 g/mol. The molecular weight excluding hydrogens is 538 g/mol. The second-order valence-corrected chi connectivity index (χ2v) is 13.3. The lowest BCUT2D eigenvalue weighted by molar-refractivity contribution is -0.136. The number of nitrogen functional groups attached to an aromatic ring is 1. The molecule has 1 aliphatic carbocycles. The third-order valence-corrected chi connectivity index (χ3v) is 10.1. The Balaban J connectivity index is 1.45. The Hall–Kier alpha value is -3.95. The average Bonchev–Trinajstić information content (AvgIpc) is 3.22. The maximum atomic E-state index is 12.3. The largest absolute Gasteiger partial charge is 0.485 e. The molecule has 3 N–H and O–H groups in total. The number of carboxylic acids is 1. The molecule has 9 heteroatoms. The van der Waals surface area contributed by atoms with E-state index in [1.807, 2.05) is 43.3 Å². The standard InChI is InChI=1S/C32H33N3O5S/c1-20-5-3-8-28(25(20)18-30(36)37)40-29-19-32(12-15-35(16-13-32)41(2,38)39)27-10-9-21(17-26(27)29)22-6-4-7-24-23(22)11-14-34-31(24)33/h3-11,14,17,29H,12-13,15-16,18-19H2,1-2H3,(H2,33,34)(H,36,37). The molecule has 0 bridgehead atoms. The van der Waals surface area contributed by atoms with Crippen LogP contribution in [0.3, 0.4) is 0 Å². The molecule has 3 aromatic carbocycles. The lowest BCUT2D eigenvalue weighted by Crippen LogP contribution is -2.44. The maximum absolute atomic E-state index is 12.3. The second kappa shape index (κ2) is 10.2. The highest BCUT2D eigenvalue weighted by Gasteiger charge is 2.47. The Bertz CT molecular complexity index is 1780. The Morgan fingerprint density at radius 3 is 2.59 bits per heavy atom. The molecule has 41 heavy (non-hydrogen) atoms. The molecule has 212 valence electrons. The first kappa shape index (κ1) is 27.2. The van der Waals surface area contributed by atoms with E-state index in [0.717, 1.165) is 33.0 Å². The number of pyridine rings is 1. The van der Waals surface area contributed by atoms with Crippen molar-refractivity contribution in [1.82, 2.24) is 9.29 Å². The molecule has 8 nitrogen and oxygen atoms in total. The SMILES string of the molecule is Cc1cccc(OC2CC3(CCN(S(C)(=O)=O)CC3)c3ccc(-c4cccc5c(N)nccc45)cc32)c1CC(=O)O. The van der Waals surface area contributed by atoms with Gasteiger partial charge in [0.1, 0.15) is 17.7 Å². The minimum Gasteiger partial charge on any atom is -0.485 e. The van der Waals surface area contributed by atoms with Gasteiger partial charge in [0, 0.05) is 35.7 Å². The van der Waals surface area contributed by atoms with Crippen LogP contribution in [-0.4, -0.2) is 48.1 Å². The van der Waals surface area contributed by atoms with E-state index in [0.29, 0.717) is 49.5 Å². The fraction of sp³-hybridized carbons (Fsp3) is 0.312. The summed E-state index contributed by atoms with van der Waals surface area (Å²) in [5.74, 6) is 0.143. The van der Waals surface area contributed by atoms with Gasteiger partial charge in [0.25, 0.3) is 0 Å². The van der Waals surface area contributed by atoms with Gasteiger partial charge in [-0.1, -0.05) is 42.5 Å². The van der Waals surface area contributed by atoms with E-state index >= 15 is 0 Å². The fourth-order valence-corrected chi connectivity index (χ4v) is 7.52. The van der Waals surface area contributed by atoms with Gasteiger partial charge in [-0.3, -0.25) is 4.79 Å². The number of hydrogen-bond acceptors (Lipinski definition) is 6.